The summed E-state index contributed by atoms with van der Waals surface area (Å²) in [5.74, 6) is -0.119. The molecule has 0 aliphatic carbocycles. The van der Waals surface area contributed by atoms with E-state index in [2.05, 4.69) is 10.2 Å². The highest BCUT2D eigenvalue weighted by Crippen LogP contribution is 2.19. The molecule has 0 aromatic heterocycles. The Morgan fingerprint density at radius 2 is 1.66 bits per heavy atom. The molecule has 0 aromatic rings. The molecule has 3 atom stereocenters. The number of likely N-dealkylation sites (N-methyl/N-ethyl adjacent to an activating group) is 3. The molecule has 7 nitrogen and oxygen atoms in total. The SMILES string of the molecule is CCN(CC)C(=O)/C(C)=C/C(C(C)C)N(C)C(=O)C(NC(=O)C1CCCCN1C)C(C)C. The number of hydrogen-bond donors (Lipinski definition) is 1. The second kappa shape index (κ2) is 13.0. The van der Waals surface area contributed by atoms with Gasteiger partial charge in [0.25, 0.3) is 0 Å². The lowest BCUT2D eigenvalue weighted by Gasteiger charge is -2.36. The van der Waals surface area contributed by atoms with Crippen molar-refractivity contribution in [3.63, 3.8) is 0 Å². The molecule has 0 radical (unpaired) electrons. The summed E-state index contributed by atoms with van der Waals surface area (Å²) < 4.78 is 0. The van der Waals surface area contributed by atoms with Crippen LogP contribution in [0.25, 0.3) is 0 Å². The van der Waals surface area contributed by atoms with Gasteiger partial charge < -0.3 is 15.1 Å². The largest absolute Gasteiger partial charge is 0.343 e. The third kappa shape index (κ3) is 7.32. The highest BCUT2D eigenvalue weighted by Gasteiger charge is 2.34. The Bertz CT molecular complexity index is 670. The minimum atomic E-state index is -0.601. The zero-order valence-electron chi connectivity index (χ0n) is 21.8. The maximum absolute atomic E-state index is 13.5. The van der Waals surface area contributed by atoms with Crippen LogP contribution < -0.4 is 5.32 Å². The summed E-state index contributed by atoms with van der Waals surface area (Å²) >= 11 is 0. The fourth-order valence-electron chi connectivity index (χ4n) is 4.37. The first kappa shape index (κ1) is 28.1. The summed E-state index contributed by atoms with van der Waals surface area (Å²) in [6, 6.07) is -1.02. The van der Waals surface area contributed by atoms with Gasteiger partial charge in [-0.2, -0.15) is 0 Å². The van der Waals surface area contributed by atoms with E-state index >= 15 is 0 Å². The van der Waals surface area contributed by atoms with Gasteiger partial charge in [0.05, 0.1) is 12.1 Å². The molecule has 1 aliphatic heterocycles. The first-order chi connectivity index (χ1) is 15.0. The lowest BCUT2D eigenvalue weighted by atomic mass is 9.96. The van der Waals surface area contributed by atoms with E-state index in [0.717, 1.165) is 25.8 Å². The Morgan fingerprint density at radius 3 is 2.12 bits per heavy atom. The second-order valence-corrected chi connectivity index (χ2v) is 9.73. The van der Waals surface area contributed by atoms with Crippen molar-refractivity contribution < 1.29 is 14.4 Å². The molecule has 3 amide bonds. The minimum absolute atomic E-state index is 0.00412. The summed E-state index contributed by atoms with van der Waals surface area (Å²) in [5, 5.41) is 3.04. The van der Waals surface area contributed by atoms with Crippen LogP contribution in [0, 0.1) is 11.8 Å². The van der Waals surface area contributed by atoms with Gasteiger partial charge in [-0.05, 0) is 59.0 Å². The maximum atomic E-state index is 13.5. The zero-order valence-corrected chi connectivity index (χ0v) is 21.8. The fourth-order valence-corrected chi connectivity index (χ4v) is 4.37. The molecule has 0 bridgehead atoms. The standard InChI is InChI=1S/C25H46N4O3/c1-10-29(11-2)24(31)19(7)16-21(17(3)4)28(9)25(32)22(18(5)6)26-23(30)20-14-12-13-15-27(20)8/h16-18,20-22H,10-15H2,1-9H3,(H,26,30)/b19-16+. The molecule has 32 heavy (non-hydrogen) atoms. The van der Waals surface area contributed by atoms with E-state index < -0.39 is 6.04 Å². The molecule has 0 spiro atoms. The second-order valence-electron chi connectivity index (χ2n) is 9.73. The number of carbonyl (C=O) groups excluding carboxylic acids is 3. The maximum Gasteiger partial charge on any atom is 0.249 e. The van der Waals surface area contributed by atoms with Crippen LogP contribution in [0.15, 0.2) is 11.6 Å². The van der Waals surface area contributed by atoms with Crippen molar-refractivity contribution in [3.05, 3.63) is 11.6 Å². The number of nitrogens with zero attached hydrogens (tertiary/aromatic N) is 3. The van der Waals surface area contributed by atoms with Crippen molar-refractivity contribution in [2.45, 2.75) is 85.9 Å². The molecule has 3 unspecified atom stereocenters. The van der Waals surface area contributed by atoms with Crippen LogP contribution >= 0.6 is 0 Å². The van der Waals surface area contributed by atoms with Crippen LogP contribution in [0.2, 0.25) is 0 Å². The van der Waals surface area contributed by atoms with E-state index in [0.29, 0.717) is 18.7 Å². The van der Waals surface area contributed by atoms with Crippen molar-refractivity contribution >= 4 is 17.7 Å². The van der Waals surface area contributed by atoms with Gasteiger partial charge >= 0.3 is 0 Å². The molecule has 184 valence electrons. The van der Waals surface area contributed by atoms with E-state index in [4.69, 9.17) is 0 Å². The average Bonchev–Trinajstić information content (AvgIpc) is 2.75. The molecule has 1 aliphatic rings. The van der Waals surface area contributed by atoms with E-state index in [-0.39, 0.29) is 41.6 Å². The van der Waals surface area contributed by atoms with Gasteiger partial charge in [0.15, 0.2) is 0 Å². The summed E-state index contributed by atoms with van der Waals surface area (Å²) in [4.78, 5) is 44.8. The molecule has 0 aromatic carbocycles. The van der Waals surface area contributed by atoms with Crippen molar-refractivity contribution in [1.82, 2.24) is 20.0 Å². The monoisotopic (exact) mass is 450 g/mol. The Morgan fingerprint density at radius 1 is 1.06 bits per heavy atom. The molecule has 1 rings (SSSR count). The van der Waals surface area contributed by atoms with E-state index in [1.807, 2.05) is 61.6 Å². The van der Waals surface area contributed by atoms with Gasteiger partial charge in [0.1, 0.15) is 6.04 Å². The van der Waals surface area contributed by atoms with E-state index in [9.17, 15) is 14.4 Å². The minimum Gasteiger partial charge on any atom is -0.343 e. The van der Waals surface area contributed by atoms with Crippen LogP contribution in [0.5, 0.6) is 0 Å². The molecule has 1 saturated heterocycles. The third-order valence-electron chi connectivity index (χ3n) is 6.59. The van der Waals surface area contributed by atoms with Crippen molar-refractivity contribution in [2.75, 3.05) is 33.7 Å². The highest BCUT2D eigenvalue weighted by molar-refractivity contribution is 5.93. The molecule has 0 saturated carbocycles. The summed E-state index contributed by atoms with van der Waals surface area (Å²) in [5.41, 5.74) is 0.640. The predicted molar refractivity (Wildman–Crippen MR) is 130 cm³/mol. The van der Waals surface area contributed by atoms with Crippen LogP contribution in [-0.2, 0) is 14.4 Å². The number of likely N-dealkylation sites (tertiary alicyclic amines) is 1. The Labute approximate surface area is 195 Å². The molecular formula is C25H46N4O3. The normalized spacial score (nSPS) is 19.6. The number of piperidine rings is 1. The summed E-state index contributed by atoms with van der Waals surface area (Å²) in [6.45, 7) is 15.9. The Hall–Kier alpha value is -1.89. The number of carbonyl (C=O) groups is 3. The zero-order chi connectivity index (χ0) is 24.6. The van der Waals surface area contributed by atoms with Crippen molar-refractivity contribution in [1.29, 1.82) is 0 Å². The first-order valence-corrected chi connectivity index (χ1v) is 12.2. The Balaban J connectivity index is 3.05. The molecule has 1 fully saturated rings. The van der Waals surface area contributed by atoms with Gasteiger partial charge in [0.2, 0.25) is 17.7 Å². The molecule has 7 heteroatoms. The highest BCUT2D eigenvalue weighted by atomic mass is 16.2. The molecule has 1 heterocycles. The molecular weight excluding hydrogens is 404 g/mol. The van der Waals surface area contributed by atoms with E-state index in [1.165, 1.54) is 0 Å². The van der Waals surface area contributed by atoms with Gasteiger partial charge in [0, 0.05) is 25.7 Å². The average molecular weight is 451 g/mol. The Kier molecular flexibility index (Phi) is 11.4. The van der Waals surface area contributed by atoms with Crippen LogP contribution in [0.4, 0.5) is 0 Å². The third-order valence-corrected chi connectivity index (χ3v) is 6.59. The van der Waals surface area contributed by atoms with Crippen LogP contribution in [-0.4, -0.2) is 84.3 Å². The van der Waals surface area contributed by atoms with Crippen LogP contribution in [0.1, 0.15) is 67.7 Å². The van der Waals surface area contributed by atoms with E-state index in [1.54, 1.807) is 16.8 Å². The van der Waals surface area contributed by atoms with Crippen molar-refractivity contribution in [3.8, 4) is 0 Å². The van der Waals surface area contributed by atoms with Gasteiger partial charge in [-0.1, -0.05) is 40.2 Å². The first-order valence-electron chi connectivity index (χ1n) is 12.2. The lowest BCUT2D eigenvalue weighted by molar-refractivity contribution is -0.139. The fraction of sp³-hybridized carbons (Fsp3) is 0.800. The van der Waals surface area contributed by atoms with Gasteiger partial charge in [-0.25, -0.2) is 0 Å². The van der Waals surface area contributed by atoms with Gasteiger partial charge in [-0.15, -0.1) is 0 Å². The number of hydrogen-bond acceptors (Lipinski definition) is 4. The van der Waals surface area contributed by atoms with Crippen molar-refractivity contribution in [2.24, 2.45) is 11.8 Å². The number of amides is 3. The number of rotatable bonds is 10. The van der Waals surface area contributed by atoms with Crippen LogP contribution in [0.3, 0.4) is 0 Å². The topological polar surface area (TPSA) is 73.0 Å². The summed E-state index contributed by atoms with van der Waals surface area (Å²) in [7, 11) is 3.74. The smallest absolute Gasteiger partial charge is 0.249 e. The number of nitrogens with one attached hydrogen (secondary N) is 1. The van der Waals surface area contributed by atoms with Gasteiger partial charge in [-0.3, -0.25) is 19.3 Å². The summed E-state index contributed by atoms with van der Waals surface area (Å²) in [6.07, 6.45) is 4.85. The lowest BCUT2D eigenvalue weighted by Crippen LogP contribution is -2.57. The quantitative estimate of drug-likeness (QED) is 0.520. The molecule has 1 N–H and O–H groups in total. The predicted octanol–water partition coefficient (Wildman–Crippen LogP) is 2.91.